The Balaban J connectivity index is 1.79. The molecule has 0 spiro atoms. The molecule has 0 unspecified atom stereocenters. The average Bonchev–Trinajstić information content (AvgIpc) is 2.80. The third-order valence-corrected chi connectivity index (χ3v) is 5.42. The molecule has 0 saturated heterocycles. The first-order valence-electron chi connectivity index (χ1n) is 9.92. The summed E-state index contributed by atoms with van der Waals surface area (Å²) in [4.78, 5) is 12.3. The number of nitrogens with zero attached hydrogens (tertiary/aromatic N) is 1. The normalized spacial score (nSPS) is 10.9. The van der Waals surface area contributed by atoms with Crippen LogP contribution in [-0.2, 0) is 4.79 Å². The average molecular weight is 502 g/mol. The first kappa shape index (κ1) is 24.5. The maximum Gasteiger partial charge on any atom is 0.262 e. The number of ether oxygens (including phenoxy) is 2. The number of amides is 1. The third-order valence-electron chi connectivity index (χ3n) is 4.40. The van der Waals surface area contributed by atoms with Crippen LogP contribution in [0.4, 0.5) is 5.69 Å². The van der Waals surface area contributed by atoms with E-state index in [-0.39, 0.29) is 17.4 Å². The first-order chi connectivity index (χ1) is 15.9. The van der Waals surface area contributed by atoms with E-state index < -0.39 is 5.91 Å². The van der Waals surface area contributed by atoms with Gasteiger partial charge in [0.25, 0.3) is 5.91 Å². The summed E-state index contributed by atoms with van der Waals surface area (Å²) in [5, 5.41) is 13.2. The molecular formula is C25H19Cl3N2O3. The Kier molecular flexibility index (Phi) is 8.62. The van der Waals surface area contributed by atoms with Crippen LogP contribution in [0.5, 0.6) is 11.5 Å². The summed E-state index contributed by atoms with van der Waals surface area (Å²) in [6, 6.07) is 19.6. The molecule has 3 aromatic rings. The van der Waals surface area contributed by atoms with Crippen molar-refractivity contribution in [1.29, 1.82) is 5.26 Å². The van der Waals surface area contributed by atoms with E-state index in [9.17, 15) is 10.1 Å². The molecule has 168 valence electrons. The Morgan fingerprint density at radius 1 is 1.00 bits per heavy atom. The smallest absolute Gasteiger partial charge is 0.262 e. The predicted molar refractivity (Wildman–Crippen MR) is 133 cm³/mol. The zero-order valence-electron chi connectivity index (χ0n) is 17.6. The topological polar surface area (TPSA) is 71.3 Å². The molecule has 0 saturated carbocycles. The summed E-state index contributed by atoms with van der Waals surface area (Å²) < 4.78 is 11.3. The van der Waals surface area contributed by atoms with E-state index in [2.05, 4.69) is 11.4 Å². The number of benzene rings is 3. The highest BCUT2D eigenvalue weighted by molar-refractivity contribution is 6.42. The molecule has 3 aromatic carbocycles. The van der Waals surface area contributed by atoms with Gasteiger partial charge in [-0.25, -0.2) is 0 Å². The van der Waals surface area contributed by atoms with Crippen molar-refractivity contribution in [3.05, 3.63) is 86.9 Å². The van der Waals surface area contributed by atoms with Gasteiger partial charge in [0.15, 0.2) is 18.1 Å². The number of hydrogen-bond donors (Lipinski definition) is 1. The van der Waals surface area contributed by atoms with Gasteiger partial charge in [-0.05, 0) is 54.5 Å². The van der Waals surface area contributed by atoms with Crippen molar-refractivity contribution in [1.82, 2.24) is 0 Å². The molecule has 0 fully saturated rings. The molecule has 0 aliphatic rings. The van der Waals surface area contributed by atoms with E-state index in [1.165, 1.54) is 0 Å². The van der Waals surface area contributed by atoms with Crippen molar-refractivity contribution in [2.24, 2.45) is 0 Å². The highest BCUT2D eigenvalue weighted by Crippen LogP contribution is 2.38. The minimum atomic E-state index is -0.410. The number of anilines is 1. The number of carbonyl (C=O) groups is 1. The number of hydrogen-bond acceptors (Lipinski definition) is 4. The van der Waals surface area contributed by atoms with Gasteiger partial charge in [0.1, 0.15) is 0 Å². The highest BCUT2D eigenvalue weighted by atomic mass is 35.5. The summed E-state index contributed by atoms with van der Waals surface area (Å²) in [5.41, 5.74) is 2.41. The molecule has 3 rings (SSSR count). The molecule has 0 bridgehead atoms. The minimum Gasteiger partial charge on any atom is -0.490 e. The van der Waals surface area contributed by atoms with Crippen LogP contribution in [0.2, 0.25) is 15.1 Å². The van der Waals surface area contributed by atoms with Gasteiger partial charge in [0.05, 0.1) is 33.3 Å². The van der Waals surface area contributed by atoms with Crippen molar-refractivity contribution < 1.29 is 14.3 Å². The summed E-state index contributed by atoms with van der Waals surface area (Å²) in [6.07, 6.45) is 1.71. The number of halogens is 3. The van der Waals surface area contributed by atoms with Gasteiger partial charge in [-0.1, -0.05) is 65.1 Å². The Bertz CT molecular complexity index is 1220. The molecule has 0 atom stereocenters. The monoisotopic (exact) mass is 500 g/mol. The molecule has 0 aliphatic carbocycles. The molecule has 1 amide bonds. The van der Waals surface area contributed by atoms with Gasteiger partial charge in [0, 0.05) is 5.69 Å². The van der Waals surface area contributed by atoms with Crippen molar-refractivity contribution in [2.45, 2.75) is 6.92 Å². The Morgan fingerprint density at radius 3 is 2.42 bits per heavy atom. The lowest BCUT2D eigenvalue weighted by Gasteiger charge is -2.15. The van der Waals surface area contributed by atoms with Crippen LogP contribution >= 0.6 is 34.8 Å². The number of nitrogens with one attached hydrogen (secondary N) is 1. The van der Waals surface area contributed by atoms with Gasteiger partial charge >= 0.3 is 0 Å². The Labute approximate surface area is 207 Å². The summed E-state index contributed by atoms with van der Waals surface area (Å²) in [7, 11) is 0. The quantitative estimate of drug-likeness (QED) is 0.263. The molecule has 0 heterocycles. The van der Waals surface area contributed by atoms with Gasteiger partial charge in [-0.3, -0.25) is 4.79 Å². The molecule has 8 heteroatoms. The second-order valence-electron chi connectivity index (χ2n) is 6.76. The van der Waals surface area contributed by atoms with Crippen LogP contribution < -0.4 is 14.8 Å². The van der Waals surface area contributed by atoms with Crippen LogP contribution in [0, 0.1) is 11.3 Å². The molecule has 1 N–H and O–H groups in total. The minimum absolute atomic E-state index is 0.234. The predicted octanol–water partition coefficient (Wildman–Crippen LogP) is 7.13. The number of carbonyl (C=O) groups excluding carboxylic acids is 1. The van der Waals surface area contributed by atoms with E-state index in [1.807, 2.05) is 37.3 Å². The van der Waals surface area contributed by atoms with Gasteiger partial charge < -0.3 is 14.8 Å². The van der Waals surface area contributed by atoms with Crippen LogP contribution in [0.15, 0.2) is 60.7 Å². The molecule has 33 heavy (non-hydrogen) atoms. The van der Waals surface area contributed by atoms with Crippen molar-refractivity contribution in [3.8, 4) is 17.6 Å². The van der Waals surface area contributed by atoms with Gasteiger partial charge in [0.2, 0.25) is 0 Å². The maximum absolute atomic E-state index is 12.3. The standard InChI is InChI=1S/C25H19Cl3N2O3/c1-2-32-23-12-16(10-18(14-29)17-6-4-3-5-7-17)11-22(28)25(23)33-15-24(31)30-19-8-9-20(26)21(27)13-19/h3-13H,2,15H2,1H3,(H,30,31)/b18-10+. The number of nitriles is 1. The van der Waals surface area contributed by atoms with E-state index in [0.717, 1.165) is 5.56 Å². The fraction of sp³-hybridized carbons (Fsp3) is 0.120. The molecular weight excluding hydrogens is 483 g/mol. The van der Waals surface area contributed by atoms with Crippen molar-refractivity contribution in [3.63, 3.8) is 0 Å². The molecule has 0 aliphatic heterocycles. The zero-order valence-corrected chi connectivity index (χ0v) is 19.8. The van der Waals surface area contributed by atoms with Crippen molar-refractivity contribution >= 4 is 58.0 Å². The second kappa shape index (κ2) is 11.6. The lowest BCUT2D eigenvalue weighted by Crippen LogP contribution is -2.20. The van der Waals surface area contributed by atoms with Crippen LogP contribution in [-0.4, -0.2) is 19.1 Å². The summed E-state index contributed by atoms with van der Waals surface area (Å²) in [5.74, 6) is 0.189. The highest BCUT2D eigenvalue weighted by Gasteiger charge is 2.15. The number of rotatable bonds is 8. The van der Waals surface area contributed by atoms with Crippen LogP contribution in [0.25, 0.3) is 11.6 Å². The Hall–Kier alpha value is -3.17. The summed E-state index contributed by atoms with van der Waals surface area (Å²) >= 11 is 18.3. The van der Waals surface area contributed by atoms with E-state index in [1.54, 1.807) is 36.4 Å². The fourth-order valence-corrected chi connectivity index (χ4v) is 3.52. The third kappa shape index (κ3) is 6.66. The fourth-order valence-electron chi connectivity index (χ4n) is 2.95. The summed E-state index contributed by atoms with van der Waals surface area (Å²) in [6.45, 7) is 1.88. The maximum atomic E-state index is 12.3. The van der Waals surface area contributed by atoms with Gasteiger partial charge in [-0.15, -0.1) is 0 Å². The van der Waals surface area contributed by atoms with E-state index in [0.29, 0.717) is 39.2 Å². The lowest BCUT2D eigenvalue weighted by atomic mass is 10.0. The largest absolute Gasteiger partial charge is 0.490 e. The molecule has 0 aromatic heterocycles. The van der Waals surface area contributed by atoms with Crippen LogP contribution in [0.1, 0.15) is 18.1 Å². The Morgan fingerprint density at radius 2 is 1.76 bits per heavy atom. The molecule has 5 nitrogen and oxygen atoms in total. The zero-order chi connectivity index (χ0) is 23.8. The van der Waals surface area contributed by atoms with Crippen molar-refractivity contribution in [2.75, 3.05) is 18.5 Å². The van der Waals surface area contributed by atoms with E-state index >= 15 is 0 Å². The second-order valence-corrected chi connectivity index (χ2v) is 7.99. The molecule has 0 radical (unpaired) electrons. The van der Waals surface area contributed by atoms with E-state index in [4.69, 9.17) is 44.3 Å². The first-order valence-corrected chi connectivity index (χ1v) is 11.1. The lowest BCUT2D eigenvalue weighted by molar-refractivity contribution is -0.118. The number of allylic oxidation sites excluding steroid dienone is 1. The van der Waals surface area contributed by atoms with Gasteiger partial charge in [-0.2, -0.15) is 5.26 Å². The SMILES string of the molecule is CCOc1cc(/C=C(\C#N)c2ccccc2)cc(Cl)c1OCC(=O)Nc1ccc(Cl)c(Cl)c1. The van der Waals surface area contributed by atoms with Crippen LogP contribution in [0.3, 0.4) is 0 Å².